The molecule has 0 aliphatic heterocycles. The van der Waals surface area contributed by atoms with Crippen LogP contribution in [0.1, 0.15) is 50.7 Å². The van der Waals surface area contributed by atoms with E-state index in [1.807, 2.05) is 0 Å². The smallest absolute Gasteiger partial charge is 0.241 e. The van der Waals surface area contributed by atoms with Gasteiger partial charge < -0.3 is 5.73 Å². The fourth-order valence-electron chi connectivity index (χ4n) is 2.65. The molecular formula is C16H28N2O2S. The van der Waals surface area contributed by atoms with Gasteiger partial charge in [0.15, 0.2) is 0 Å². The second-order valence-corrected chi connectivity index (χ2v) is 7.46. The van der Waals surface area contributed by atoms with E-state index in [0.717, 1.165) is 25.7 Å². The topological polar surface area (TPSA) is 72.2 Å². The van der Waals surface area contributed by atoms with E-state index in [-0.39, 0.29) is 0 Å². The Morgan fingerprint density at radius 1 is 1.19 bits per heavy atom. The predicted octanol–water partition coefficient (Wildman–Crippen LogP) is 3.38. The van der Waals surface area contributed by atoms with Crippen LogP contribution in [0.2, 0.25) is 0 Å². The highest BCUT2D eigenvalue weighted by molar-refractivity contribution is 7.89. The van der Waals surface area contributed by atoms with Crippen molar-refractivity contribution in [2.45, 2.75) is 58.3 Å². The molecule has 0 aliphatic rings. The number of unbranched alkanes of at least 4 members (excludes halogenated alkanes) is 1. The normalized spacial score (nSPS) is 13.3. The van der Waals surface area contributed by atoms with Gasteiger partial charge in [0, 0.05) is 12.2 Å². The van der Waals surface area contributed by atoms with Gasteiger partial charge >= 0.3 is 0 Å². The molecular weight excluding hydrogens is 284 g/mol. The highest BCUT2D eigenvalue weighted by atomic mass is 32.2. The van der Waals surface area contributed by atoms with E-state index >= 15 is 0 Å². The Morgan fingerprint density at radius 2 is 1.76 bits per heavy atom. The van der Waals surface area contributed by atoms with Gasteiger partial charge in [-0.05, 0) is 49.4 Å². The third-order valence-corrected chi connectivity index (χ3v) is 5.58. The number of nitrogen functional groups attached to an aromatic ring is 1. The third-order valence-electron chi connectivity index (χ3n) is 3.86. The molecule has 0 amide bonds. The number of sulfonamides is 1. The zero-order valence-corrected chi connectivity index (χ0v) is 14.4. The van der Waals surface area contributed by atoms with Gasteiger partial charge in [-0.2, -0.15) is 0 Å². The summed E-state index contributed by atoms with van der Waals surface area (Å²) in [5.74, 6) is 0.397. The summed E-state index contributed by atoms with van der Waals surface area (Å²) in [7, 11) is -3.47. The minimum Gasteiger partial charge on any atom is -0.399 e. The standard InChI is InChI=1S/C16H28N2O2S/c1-5-7-8-14(6-2)11-18-21(19,20)16-12(3)9-15(17)10-13(16)4/h9-10,14,18H,5-8,11,17H2,1-4H3. The van der Waals surface area contributed by atoms with Crippen molar-refractivity contribution in [2.24, 2.45) is 5.92 Å². The Balaban J connectivity index is 2.87. The molecule has 0 saturated heterocycles. The number of nitrogens with one attached hydrogen (secondary N) is 1. The molecule has 0 spiro atoms. The van der Waals surface area contributed by atoms with Crippen molar-refractivity contribution < 1.29 is 8.42 Å². The average molecular weight is 312 g/mol. The molecule has 0 aromatic heterocycles. The molecule has 0 fully saturated rings. The van der Waals surface area contributed by atoms with Crippen molar-refractivity contribution in [1.29, 1.82) is 0 Å². The van der Waals surface area contributed by atoms with E-state index in [1.54, 1.807) is 26.0 Å². The molecule has 0 heterocycles. The van der Waals surface area contributed by atoms with E-state index in [0.29, 0.717) is 34.2 Å². The minimum atomic E-state index is -3.47. The van der Waals surface area contributed by atoms with Gasteiger partial charge in [0.05, 0.1) is 4.90 Å². The van der Waals surface area contributed by atoms with E-state index in [4.69, 9.17) is 5.73 Å². The van der Waals surface area contributed by atoms with Crippen LogP contribution in [0, 0.1) is 19.8 Å². The van der Waals surface area contributed by atoms with Crippen LogP contribution in [0.3, 0.4) is 0 Å². The number of nitrogens with two attached hydrogens (primary N) is 1. The third kappa shape index (κ3) is 5.00. The summed E-state index contributed by atoms with van der Waals surface area (Å²) in [4.78, 5) is 0.363. The molecule has 0 bridgehead atoms. The number of anilines is 1. The Bertz CT molecular complexity index is 545. The van der Waals surface area contributed by atoms with Crippen LogP contribution in [-0.2, 0) is 10.0 Å². The molecule has 120 valence electrons. The molecule has 1 aromatic carbocycles. The first-order valence-electron chi connectivity index (χ1n) is 7.68. The Hall–Kier alpha value is -1.07. The number of aryl methyl sites for hydroxylation is 2. The molecule has 4 nitrogen and oxygen atoms in total. The molecule has 0 aliphatic carbocycles. The van der Waals surface area contributed by atoms with Crippen molar-refractivity contribution in [1.82, 2.24) is 4.72 Å². The monoisotopic (exact) mass is 312 g/mol. The number of benzene rings is 1. The van der Waals surface area contributed by atoms with Crippen LogP contribution in [0.5, 0.6) is 0 Å². The fraction of sp³-hybridized carbons (Fsp3) is 0.625. The summed E-state index contributed by atoms with van der Waals surface area (Å²) >= 11 is 0. The zero-order chi connectivity index (χ0) is 16.0. The number of hydrogen-bond donors (Lipinski definition) is 2. The van der Waals surface area contributed by atoms with Crippen LogP contribution in [0.4, 0.5) is 5.69 Å². The van der Waals surface area contributed by atoms with Crippen molar-refractivity contribution in [3.05, 3.63) is 23.3 Å². The molecule has 3 N–H and O–H groups in total. The van der Waals surface area contributed by atoms with Crippen LogP contribution in [-0.4, -0.2) is 15.0 Å². The Kier molecular flexibility index (Phi) is 6.68. The van der Waals surface area contributed by atoms with E-state index in [9.17, 15) is 8.42 Å². The van der Waals surface area contributed by atoms with Crippen molar-refractivity contribution >= 4 is 15.7 Å². The summed E-state index contributed by atoms with van der Waals surface area (Å²) in [5, 5.41) is 0. The fourth-order valence-corrected chi connectivity index (χ4v) is 4.22. The molecule has 0 radical (unpaired) electrons. The second kappa shape index (κ2) is 7.80. The lowest BCUT2D eigenvalue weighted by molar-refractivity contribution is 0.443. The highest BCUT2D eigenvalue weighted by Gasteiger charge is 2.20. The molecule has 0 saturated carbocycles. The van der Waals surface area contributed by atoms with E-state index < -0.39 is 10.0 Å². The lowest BCUT2D eigenvalue weighted by Gasteiger charge is -2.17. The minimum absolute atomic E-state index is 0.363. The number of hydrogen-bond acceptors (Lipinski definition) is 3. The van der Waals surface area contributed by atoms with Gasteiger partial charge in [-0.25, -0.2) is 13.1 Å². The molecule has 1 unspecified atom stereocenters. The summed E-state index contributed by atoms with van der Waals surface area (Å²) in [6.45, 7) is 8.33. The van der Waals surface area contributed by atoms with Gasteiger partial charge in [-0.1, -0.05) is 33.1 Å². The van der Waals surface area contributed by atoms with Crippen LogP contribution >= 0.6 is 0 Å². The summed E-state index contributed by atoms with van der Waals surface area (Å²) < 4.78 is 27.8. The van der Waals surface area contributed by atoms with Crippen LogP contribution in [0.15, 0.2) is 17.0 Å². The lowest BCUT2D eigenvalue weighted by Crippen LogP contribution is -2.30. The maximum absolute atomic E-state index is 12.5. The molecule has 5 heteroatoms. The second-order valence-electron chi connectivity index (χ2n) is 5.75. The van der Waals surface area contributed by atoms with Crippen LogP contribution in [0.25, 0.3) is 0 Å². The molecule has 1 atom stereocenters. The van der Waals surface area contributed by atoms with Gasteiger partial charge in [0.25, 0.3) is 0 Å². The Morgan fingerprint density at radius 3 is 2.24 bits per heavy atom. The van der Waals surface area contributed by atoms with Gasteiger partial charge in [0.1, 0.15) is 0 Å². The SMILES string of the molecule is CCCCC(CC)CNS(=O)(=O)c1c(C)cc(N)cc1C. The maximum atomic E-state index is 12.5. The van der Waals surface area contributed by atoms with Crippen LogP contribution < -0.4 is 10.5 Å². The first-order valence-corrected chi connectivity index (χ1v) is 9.16. The highest BCUT2D eigenvalue weighted by Crippen LogP contribution is 2.23. The first-order chi connectivity index (χ1) is 9.81. The van der Waals surface area contributed by atoms with Gasteiger partial charge in [-0.15, -0.1) is 0 Å². The van der Waals surface area contributed by atoms with Crippen molar-refractivity contribution in [3.8, 4) is 0 Å². The summed E-state index contributed by atoms with van der Waals surface area (Å²) in [6, 6.07) is 3.41. The van der Waals surface area contributed by atoms with Gasteiger partial charge in [0.2, 0.25) is 10.0 Å². The predicted molar refractivity (Wildman–Crippen MR) is 88.8 cm³/mol. The molecule has 21 heavy (non-hydrogen) atoms. The number of rotatable bonds is 8. The lowest BCUT2D eigenvalue weighted by atomic mass is 10.00. The van der Waals surface area contributed by atoms with Gasteiger partial charge in [-0.3, -0.25) is 0 Å². The zero-order valence-electron chi connectivity index (χ0n) is 13.6. The molecule has 1 rings (SSSR count). The van der Waals surface area contributed by atoms with E-state index in [2.05, 4.69) is 18.6 Å². The summed E-state index contributed by atoms with van der Waals surface area (Å²) in [5.41, 5.74) is 7.74. The average Bonchev–Trinajstić information content (AvgIpc) is 2.37. The van der Waals surface area contributed by atoms with E-state index in [1.165, 1.54) is 0 Å². The molecule has 1 aromatic rings. The van der Waals surface area contributed by atoms with Crippen molar-refractivity contribution in [3.63, 3.8) is 0 Å². The van der Waals surface area contributed by atoms with Crippen molar-refractivity contribution in [2.75, 3.05) is 12.3 Å². The maximum Gasteiger partial charge on any atom is 0.241 e. The largest absolute Gasteiger partial charge is 0.399 e. The Labute approximate surface area is 129 Å². The quantitative estimate of drug-likeness (QED) is 0.723. The summed E-state index contributed by atoms with van der Waals surface area (Å²) in [6.07, 6.45) is 4.33. The first kappa shape index (κ1) is 18.0.